The first-order valence-electron chi connectivity index (χ1n) is 10.2. The van der Waals surface area contributed by atoms with Crippen LogP contribution in [0.25, 0.3) is 0 Å². The van der Waals surface area contributed by atoms with Gasteiger partial charge in [0.25, 0.3) is 5.91 Å². The van der Waals surface area contributed by atoms with Crippen LogP contribution in [0.4, 0.5) is 0 Å². The van der Waals surface area contributed by atoms with E-state index < -0.39 is 17.7 Å². The average molecular weight is 429 g/mol. The van der Waals surface area contributed by atoms with Crippen LogP contribution >= 0.6 is 11.3 Å². The number of aryl methyl sites for hydroxylation is 2. The van der Waals surface area contributed by atoms with Crippen molar-refractivity contribution in [2.75, 3.05) is 26.2 Å². The number of carbonyl (C=O) groups is 2. The lowest BCUT2D eigenvalue weighted by Crippen LogP contribution is -2.34. The maximum absolute atomic E-state index is 13.4. The summed E-state index contributed by atoms with van der Waals surface area (Å²) in [6, 6.07) is 2.93. The van der Waals surface area contributed by atoms with E-state index in [4.69, 9.17) is 0 Å². The number of rotatable bonds is 9. The molecule has 0 saturated heterocycles. The Morgan fingerprint density at radius 2 is 1.90 bits per heavy atom. The first kappa shape index (κ1) is 22.1. The van der Waals surface area contributed by atoms with E-state index in [0.717, 1.165) is 36.6 Å². The van der Waals surface area contributed by atoms with E-state index in [2.05, 4.69) is 28.7 Å². The summed E-state index contributed by atoms with van der Waals surface area (Å²) in [6.45, 7) is 11.0. The predicted molar refractivity (Wildman–Crippen MR) is 117 cm³/mol. The summed E-state index contributed by atoms with van der Waals surface area (Å²) in [7, 11) is 0. The van der Waals surface area contributed by atoms with Gasteiger partial charge in [-0.3, -0.25) is 14.6 Å². The summed E-state index contributed by atoms with van der Waals surface area (Å²) in [5.41, 5.74) is 1.50. The van der Waals surface area contributed by atoms with E-state index in [1.165, 1.54) is 11.3 Å². The quantitative estimate of drug-likeness (QED) is 0.616. The summed E-state index contributed by atoms with van der Waals surface area (Å²) in [5, 5.41) is 11.5. The van der Waals surface area contributed by atoms with Gasteiger partial charge in [-0.1, -0.05) is 13.8 Å². The Kier molecular flexibility index (Phi) is 6.99. The van der Waals surface area contributed by atoms with E-state index in [-0.39, 0.29) is 11.4 Å². The number of ketones is 1. The van der Waals surface area contributed by atoms with Crippen LogP contribution < -0.4 is 0 Å². The number of hydrogen-bond acceptors (Lipinski definition) is 7. The lowest BCUT2D eigenvalue weighted by Gasteiger charge is -2.28. The highest BCUT2D eigenvalue weighted by molar-refractivity contribution is 7.14. The Balaban J connectivity index is 1.95. The first-order chi connectivity index (χ1) is 14.4. The first-order valence-corrected chi connectivity index (χ1v) is 11.1. The number of hydrogen-bond donors (Lipinski definition) is 1. The standard InChI is InChI=1S/C22H28N4O3S/c1-5-25(6-2)12-7-13-26-18(16-8-10-23-11-9-16)17(20(28)22(26)29)19(27)21-14(3)24-15(4)30-21/h8-11,18,28H,5-7,12-13H2,1-4H3/t18-/m0/s1. The number of aliphatic hydroxyl groups excluding tert-OH is 1. The van der Waals surface area contributed by atoms with Gasteiger partial charge >= 0.3 is 0 Å². The molecule has 1 N–H and O–H groups in total. The molecule has 0 fully saturated rings. The lowest BCUT2D eigenvalue weighted by molar-refractivity contribution is -0.129. The van der Waals surface area contributed by atoms with Crippen LogP contribution in [0.2, 0.25) is 0 Å². The fourth-order valence-corrected chi connectivity index (χ4v) is 4.75. The number of aromatic nitrogens is 2. The Morgan fingerprint density at radius 3 is 2.47 bits per heavy atom. The molecule has 1 atom stereocenters. The molecule has 0 unspecified atom stereocenters. The number of pyridine rings is 1. The monoisotopic (exact) mass is 428 g/mol. The third kappa shape index (κ3) is 4.29. The Bertz CT molecular complexity index is 951. The largest absolute Gasteiger partial charge is 0.503 e. The molecule has 3 rings (SSSR count). The maximum Gasteiger partial charge on any atom is 0.290 e. The molecule has 0 saturated carbocycles. The second-order valence-electron chi connectivity index (χ2n) is 7.30. The zero-order valence-corrected chi connectivity index (χ0v) is 18.7. The van der Waals surface area contributed by atoms with Crippen LogP contribution in [0.15, 0.2) is 35.9 Å². The number of Topliss-reactive ketones (excluding diaryl/α,β-unsaturated/α-hetero) is 1. The fraction of sp³-hybridized carbons (Fsp3) is 0.455. The third-order valence-corrected chi connectivity index (χ3v) is 6.52. The van der Waals surface area contributed by atoms with E-state index in [1.54, 1.807) is 36.4 Å². The molecule has 160 valence electrons. The van der Waals surface area contributed by atoms with Crippen molar-refractivity contribution in [2.24, 2.45) is 0 Å². The van der Waals surface area contributed by atoms with Crippen molar-refractivity contribution < 1.29 is 14.7 Å². The van der Waals surface area contributed by atoms with Crippen LogP contribution in [0.5, 0.6) is 0 Å². The molecule has 7 nitrogen and oxygen atoms in total. The van der Waals surface area contributed by atoms with Crippen molar-refractivity contribution in [3.05, 3.63) is 57.0 Å². The molecule has 2 aromatic heterocycles. The molecule has 0 aromatic carbocycles. The predicted octanol–water partition coefficient (Wildman–Crippen LogP) is 3.47. The van der Waals surface area contributed by atoms with Gasteiger partial charge in [-0.05, 0) is 57.6 Å². The minimum Gasteiger partial charge on any atom is -0.503 e. The normalized spacial score (nSPS) is 16.8. The van der Waals surface area contributed by atoms with Gasteiger partial charge in [0.05, 0.1) is 27.2 Å². The Labute approximate surface area is 181 Å². The smallest absolute Gasteiger partial charge is 0.290 e. The van der Waals surface area contributed by atoms with Gasteiger partial charge < -0.3 is 14.9 Å². The molecule has 2 aromatic rings. The van der Waals surface area contributed by atoms with Gasteiger partial charge in [0.1, 0.15) is 0 Å². The number of nitrogens with zero attached hydrogens (tertiary/aromatic N) is 4. The number of amides is 1. The van der Waals surface area contributed by atoms with Gasteiger partial charge in [-0.15, -0.1) is 11.3 Å². The second-order valence-corrected chi connectivity index (χ2v) is 8.50. The number of thiazole rings is 1. The van der Waals surface area contributed by atoms with Gasteiger partial charge in [0.2, 0.25) is 5.78 Å². The van der Waals surface area contributed by atoms with Crippen molar-refractivity contribution in [3.8, 4) is 0 Å². The molecule has 1 aliphatic rings. The summed E-state index contributed by atoms with van der Waals surface area (Å²) in [5.74, 6) is -1.30. The highest BCUT2D eigenvalue weighted by Crippen LogP contribution is 2.39. The molecule has 0 spiro atoms. The summed E-state index contributed by atoms with van der Waals surface area (Å²) >= 11 is 1.28. The van der Waals surface area contributed by atoms with Crippen molar-refractivity contribution in [1.29, 1.82) is 0 Å². The summed E-state index contributed by atoms with van der Waals surface area (Å²) in [4.78, 5) is 39.1. The van der Waals surface area contributed by atoms with E-state index in [0.29, 0.717) is 17.1 Å². The van der Waals surface area contributed by atoms with Crippen LogP contribution in [0.1, 0.15) is 52.2 Å². The van der Waals surface area contributed by atoms with Crippen molar-refractivity contribution >= 4 is 23.0 Å². The third-order valence-electron chi connectivity index (χ3n) is 5.45. The van der Waals surface area contributed by atoms with Crippen molar-refractivity contribution in [2.45, 2.75) is 40.2 Å². The Morgan fingerprint density at radius 1 is 1.23 bits per heavy atom. The highest BCUT2D eigenvalue weighted by atomic mass is 32.1. The number of aliphatic hydroxyl groups is 1. The summed E-state index contributed by atoms with van der Waals surface area (Å²) in [6.07, 6.45) is 4.02. The highest BCUT2D eigenvalue weighted by Gasteiger charge is 2.44. The zero-order valence-electron chi connectivity index (χ0n) is 17.9. The molecule has 1 aliphatic heterocycles. The molecule has 0 bridgehead atoms. The van der Waals surface area contributed by atoms with Crippen LogP contribution in [-0.2, 0) is 4.79 Å². The van der Waals surface area contributed by atoms with Crippen molar-refractivity contribution in [1.82, 2.24) is 19.8 Å². The number of carbonyl (C=O) groups excluding carboxylic acids is 2. The van der Waals surface area contributed by atoms with Crippen molar-refractivity contribution in [3.63, 3.8) is 0 Å². The second kappa shape index (κ2) is 9.49. The van der Waals surface area contributed by atoms with Crippen LogP contribution in [-0.4, -0.2) is 62.7 Å². The van der Waals surface area contributed by atoms with Crippen LogP contribution in [0.3, 0.4) is 0 Å². The lowest BCUT2D eigenvalue weighted by atomic mass is 9.95. The molecular weight excluding hydrogens is 400 g/mol. The van der Waals surface area contributed by atoms with E-state index in [9.17, 15) is 14.7 Å². The van der Waals surface area contributed by atoms with Gasteiger partial charge in [0, 0.05) is 18.9 Å². The average Bonchev–Trinajstić information content (AvgIpc) is 3.21. The van der Waals surface area contributed by atoms with Gasteiger partial charge in [-0.25, -0.2) is 4.98 Å². The molecular formula is C22H28N4O3S. The minimum atomic E-state index is -0.633. The zero-order chi connectivity index (χ0) is 21.8. The van der Waals surface area contributed by atoms with Gasteiger partial charge in [0.15, 0.2) is 5.76 Å². The fourth-order valence-electron chi connectivity index (χ4n) is 3.88. The molecule has 0 aliphatic carbocycles. The van der Waals surface area contributed by atoms with Gasteiger partial charge in [-0.2, -0.15) is 0 Å². The Hall–Kier alpha value is -2.58. The topological polar surface area (TPSA) is 86.6 Å². The van der Waals surface area contributed by atoms with E-state index in [1.807, 2.05) is 6.92 Å². The molecule has 0 radical (unpaired) electrons. The molecule has 8 heteroatoms. The maximum atomic E-state index is 13.4. The minimum absolute atomic E-state index is 0.126. The summed E-state index contributed by atoms with van der Waals surface area (Å²) < 4.78 is 0. The molecule has 30 heavy (non-hydrogen) atoms. The molecule has 1 amide bonds. The SMILES string of the molecule is CCN(CC)CCCN1C(=O)C(O)=C(C(=O)c2sc(C)nc2C)[C@@H]1c1ccncc1. The molecule has 3 heterocycles. The van der Waals surface area contributed by atoms with E-state index >= 15 is 0 Å². The van der Waals surface area contributed by atoms with Crippen LogP contribution in [0, 0.1) is 13.8 Å².